The largest absolute Gasteiger partial charge is 0.463 e. The molecule has 2 N–H and O–H groups in total. The number of halogens is 1. The Bertz CT molecular complexity index is 1120. The lowest BCUT2D eigenvalue weighted by molar-refractivity contribution is -0.149. The Morgan fingerprint density at radius 2 is 1.73 bits per heavy atom. The highest BCUT2D eigenvalue weighted by molar-refractivity contribution is 6.01. The summed E-state index contributed by atoms with van der Waals surface area (Å²) in [6.07, 6.45) is 1.08. The van der Waals surface area contributed by atoms with Gasteiger partial charge in [0.25, 0.3) is 0 Å². The number of aliphatic hydroxyl groups is 2. The number of carbonyl (C=O) groups is 1. The lowest BCUT2D eigenvalue weighted by atomic mass is 10.0. The van der Waals surface area contributed by atoms with Crippen LogP contribution in [0.1, 0.15) is 52.3 Å². The molecule has 6 heteroatoms. The van der Waals surface area contributed by atoms with Crippen LogP contribution in [0, 0.1) is 5.82 Å². The molecule has 1 heterocycles. The molecule has 5 nitrogen and oxygen atoms in total. The van der Waals surface area contributed by atoms with Gasteiger partial charge in [0.2, 0.25) is 0 Å². The number of benzene rings is 2. The first-order valence-electron chi connectivity index (χ1n) is 11.3. The molecular weight excluding hydrogens is 421 g/mol. The Labute approximate surface area is 194 Å². The van der Waals surface area contributed by atoms with Gasteiger partial charge in [-0.3, -0.25) is 4.79 Å². The van der Waals surface area contributed by atoms with Gasteiger partial charge in [-0.15, -0.1) is 0 Å². The molecule has 0 amide bonds. The summed E-state index contributed by atoms with van der Waals surface area (Å²) in [7, 11) is 0. The van der Waals surface area contributed by atoms with Gasteiger partial charge in [0.05, 0.1) is 24.7 Å². The summed E-state index contributed by atoms with van der Waals surface area (Å²) in [5.74, 6) is -0.795. The summed E-state index contributed by atoms with van der Waals surface area (Å²) in [6.45, 7) is 7.65. The Morgan fingerprint density at radius 1 is 1.06 bits per heavy atom. The van der Waals surface area contributed by atoms with E-state index in [-0.39, 0.29) is 30.8 Å². The molecule has 0 fully saturated rings. The SMILES string of the molecule is CC(C)OC(=O)C[C@@H](O)C[C@@H](O)/C=C/c1c(-c2ccc(F)cc2)c2ccccc2n1C(C)C. The van der Waals surface area contributed by atoms with Gasteiger partial charge < -0.3 is 19.5 Å². The Morgan fingerprint density at radius 3 is 2.36 bits per heavy atom. The highest BCUT2D eigenvalue weighted by Gasteiger charge is 2.20. The van der Waals surface area contributed by atoms with Crippen LogP contribution < -0.4 is 0 Å². The van der Waals surface area contributed by atoms with Crippen molar-refractivity contribution >= 4 is 22.9 Å². The maximum absolute atomic E-state index is 13.6. The number of ether oxygens (including phenoxy) is 1. The number of carbonyl (C=O) groups excluding carboxylic acids is 1. The van der Waals surface area contributed by atoms with Gasteiger partial charge in [-0.25, -0.2) is 4.39 Å². The zero-order valence-corrected chi connectivity index (χ0v) is 19.5. The molecule has 0 saturated carbocycles. The van der Waals surface area contributed by atoms with Crippen molar-refractivity contribution in [2.75, 3.05) is 0 Å². The summed E-state index contributed by atoms with van der Waals surface area (Å²) >= 11 is 0. The van der Waals surface area contributed by atoms with E-state index in [0.29, 0.717) is 0 Å². The molecule has 0 aliphatic carbocycles. The number of para-hydroxylation sites is 1. The average Bonchev–Trinajstić information content (AvgIpc) is 3.06. The third-order valence-electron chi connectivity index (χ3n) is 5.36. The first-order valence-corrected chi connectivity index (χ1v) is 11.3. The molecule has 2 atom stereocenters. The topological polar surface area (TPSA) is 71.7 Å². The summed E-state index contributed by atoms with van der Waals surface area (Å²) in [5.41, 5.74) is 3.74. The minimum absolute atomic E-state index is 0.0114. The number of nitrogens with zero attached hydrogens (tertiary/aromatic N) is 1. The fraction of sp³-hybridized carbons (Fsp3) is 0.370. The van der Waals surface area contributed by atoms with Gasteiger partial charge in [0.1, 0.15) is 5.82 Å². The van der Waals surface area contributed by atoms with Gasteiger partial charge >= 0.3 is 5.97 Å². The number of aliphatic hydroxyl groups excluding tert-OH is 2. The van der Waals surface area contributed by atoms with Gasteiger partial charge in [-0.05, 0) is 57.5 Å². The van der Waals surface area contributed by atoms with Crippen molar-refractivity contribution in [1.29, 1.82) is 0 Å². The number of esters is 1. The van der Waals surface area contributed by atoms with Gasteiger partial charge in [0.15, 0.2) is 0 Å². The standard InChI is InChI=1S/C27H32FNO4/c1-17(2)29-24-8-6-5-7-23(24)27(19-9-11-20(28)12-10-19)25(29)14-13-21(30)15-22(31)16-26(32)33-18(3)4/h5-14,17-18,21-22,30-31H,15-16H2,1-4H3/b14-13+/t21-,22-/m0/s1. The average molecular weight is 454 g/mol. The maximum atomic E-state index is 13.6. The zero-order chi connectivity index (χ0) is 24.1. The number of aromatic nitrogens is 1. The lowest BCUT2D eigenvalue weighted by Crippen LogP contribution is -2.22. The predicted octanol–water partition coefficient (Wildman–Crippen LogP) is 5.50. The molecule has 0 aliphatic heterocycles. The molecule has 3 aromatic rings. The molecule has 2 aromatic carbocycles. The predicted molar refractivity (Wildman–Crippen MR) is 129 cm³/mol. The monoisotopic (exact) mass is 453 g/mol. The van der Waals surface area contributed by atoms with E-state index in [1.54, 1.807) is 32.1 Å². The molecule has 176 valence electrons. The normalized spacial score (nSPS) is 13.8. The van der Waals surface area contributed by atoms with Crippen molar-refractivity contribution < 1.29 is 24.1 Å². The second-order valence-electron chi connectivity index (χ2n) is 8.81. The van der Waals surface area contributed by atoms with E-state index in [1.807, 2.05) is 30.3 Å². The van der Waals surface area contributed by atoms with E-state index >= 15 is 0 Å². The van der Waals surface area contributed by atoms with Crippen molar-refractivity contribution in [1.82, 2.24) is 4.57 Å². The number of hydrogen-bond donors (Lipinski definition) is 2. The van der Waals surface area contributed by atoms with Gasteiger partial charge in [0, 0.05) is 34.6 Å². The Balaban J connectivity index is 1.94. The summed E-state index contributed by atoms with van der Waals surface area (Å²) < 4.78 is 20.8. The number of hydrogen-bond acceptors (Lipinski definition) is 4. The smallest absolute Gasteiger partial charge is 0.308 e. The molecule has 0 spiro atoms. The highest BCUT2D eigenvalue weighted by Crippen LogP contribution is 2.38. The van der Waals surface area contributed by atoms with E-state index in [1.165, 1.54) is 12.1 Å². The lowest BCUT2D eigenvalue weighted by Gasteiger charge is -2.16. The Kier molecular flexibility index (Phi) is 8.06. The molecule has 3 rings (SSSR count). The minimum Gasteiger partial charge on any atom is -0.463 e. The summed E-state index contributed by atoms with van der Waals surface area (Å²) in [6, 6.07) is 14.5. The molecule has 0 unspecified atom stereocenters. The van der Waals surface area contributed by atoms with Crippen LogP contribution in [0.5, 0.6) is 0 Å². The molecule has 0 radical (unpaired) electrons. The van der Waals surface area contributed by atoms with Crippen LogP contribution in [0.25, 0.3) is 28.1 Å². The van der Waals surface area contributed by atoms with Crippen LogP contribution in [0.2, 0.25) is 0 Å². The van der Waals surface area contributed by atoms with Crippen LogP contribution >= 0.6 is 0 Å². The van der Waals surface area contributed by atoms with E-state index in [2.05, 4.69) is 18.4 Å². The third kappa shape index (κ3) is 6.09. The molecule has 1 aromatic heterocycles. The Hall–Kier alpha value is -2.96. The first-order chi connectivity index (χ1) is 15.7. The number of fused-ring (bicyclic) bond motifs is 1. The third-order valence-corrected chi connectivity index (χ3v) is 5.36. The van der Waals surface area contributed by atoms with Gasteiger partial charge in [-0.2, -0.15) is 0 Å². The molecule has 0 saturated heterocycles. The second-order valence-corrected chi connectivity index (χ2v) is 8.81. The van der Waals surface area contributed by atoms with E-state index in [4.69, 9.17) is 4.74 Å². The number of rotatable bonds is 9. The molecule has 33 heavy (non-hydrogen) atoms. The van der Waals surface area contributed by atoms with Crippen LogP contribution in [0.15, 0.2) is 54.6 Å². The fourth-order valence-corrected chi connectivity index (χ4v) is 4.07. The fourth-order valence-electron chi connectivity index (χ4n) is 4.07. The minimum atomic E-state index is -1.01. The zero-order valence-electron chi connectivity index (χ0n) is 19.5. The van der Waals surface area contributed by atoms with Crippen LogP contribution in [-0.2, 0) is 9.53 Å². The molecule has 0 aliphatic rings. The van der Waals surface area contributed by atoms with Gasteiger partial charge in [-0.1, -0.05) is 36.4 Å². The van der Waals surface area contributed by atoms with Crippen molar-refractivity contribution in [3.05, 3.63) is 66.1 Å². The molecular formula is C27H32FNO4. The molecule has 0 bridgehead atoms. The van der Waals surface area contributed by atoms with E-state index in [0.717, 1.165) is 27.7 Å². The highest BCUT2D eigenvalue weighted by atomic mass is 19.1. The van der Waals surface area contributed by atoms with E-state index in [9.17, 15) is 19.4 Å². The second kappa shape index (κ2) is 10.8. The van der Waals surface area contributed by atoms with Crippen LogP contribution in [0.3, 0.4) is 0 Å². The van der Waals surface area contributed by atoms with Crippen molar-refractivity contribution in [2.24, 2.45) is 0 Å². The first kappa shape index (κ1) is 24.7. The van der Waals surface area contributed by atoms with Crippen LogP contribution in [-0.4, -0.2) is 39.1 Å². The van der Waals surface area contributed by atoms with E-state index < -0.39 is 18.2 Å². The maximum Gasteiger partial charge on any atom is 0.308 e. The van der Waals surface area contributed by atoms with Crippen molar-refractivity contribution in [3.8, 4) is 11.1 Å². The van der Waals surface area contributed by atoms with Crippen molar-refractivity contribution in [3.63, 3.8) is 0 Å². The van der Waals surface area contributed by atoms with Crippen LogP contribution in [0.4, 0.5) is 4.39 Å². The summed E-state index contributed by atoms with van der Waals surface area (Å²) in [5, 5.41) is 21.7. The van der Waals surface area contributed by atoms with Crippen molar-refractivity contribution in [2.45, 2.75) is 64.9 Å². The summed E-state index contributed by atoms with van der Waals surface area (Å²) in [4.78, 5) is 11.8. The quantitative estimate of drug-likeness (QED) is 0.420.